The molecule has 0 saturated heterocycles. The summed E-state index contributed by atoms with van der Waals surface area (Å²) in [5.74, 6) is 2.23. The lowest BCUT2D eigenvalue weighted by atomic mass is 10.3. The normalized spacial score (nSPS) is 10.3. The van der Waals surface area contributed by atoms with Gasteiger partial charge < -0.3 is 20.1 Å². The van der Waals surface area contributed by atoms with Crippen molar-refractivity contribution in [3.63, 3.8) is 0 Å². The van der Waals surface area contributed by atoms with Crippen LogP contribution in [0.15, 0.2) is 79.4 Å². The van der Waals surface area contributed by atoms with Crippen molar-refractivity contribution in [3.8, 4) is 23.2 Å². The first-order valence-electron chi connectivity index (χ1n) is 9.02. The van der Waals surface area contributed by atoms with Crippen LogP contribution in [0.1, 0.15) is 0 Å². The molecule has 0 atom stereocenters. The van der Waals surface area contributed by atoms with Gasteiger partial charge in [-0.1, -0.05) is 6.07 Å². The molecule has 4 aromatic rings. The SMILES string of the molecule is COc1cccc(NC(=O)Nc2ccc(Oc3ccc(-n4ccnc4)nn3)cc2)c1. The highest BCUT2D eigenvalue weighted by Crippen LogP contribution is 2.22. The second kappa shape index (κ2) is 8.74. The van der Waals surface area contributed by atoms with Crippen LogP contribution in [0.5, 0.6) is 17.4 Å². The molecule has 2 amide bonds. The summed E-state index contributed by atoms with van der Waals surface area (Å²) < 4.78 is 12.6. The first kappa shape index (κ1) is 18.9. The minimum atomic E-state index is -0.363. The monoisotopic (exact) mass is 402 g/mol. The Labute approximate surface area is 172 Å². The number of carbonyl (C=O) groups excluding carboxylic acids is 1. The van der Waals surface area contributed by atoms with Gasteiger partial charge in [0.15, 0.2) is 5.82 Å². The number of benzene rings is 2. The Morgan fingerprint density at radius 3 is 2.47 bits per heavy atom. The molecule has 0 aliphatic heterocycles. The van der Waals surface area contributed by atoms with Gasteiger partial charge in [0.25, 0.3) is 0 Å². The highest BCUT2D eigenvalue weighted by Gasteiger charge is 2.06. The fourth-order valence-electron chi connectivity index (χ4n) is 2.62. The van der Waals surface area contributed by atoms with Gasteiger partial charge in [0, 0.05) is 35.9 Å². The van der Waals surface area contributed by atoms with Crippen molar-refractivity contribution in [2.24, 2.45) is 0 Å². The van der Waals surface area contributed by atoms with Crippen molar-refractivity contribution >= 4 is 17.4 Å². The maximum absolute atomic E-state index is 12.2. The van der Waals surface area contributed by atoms with E-state index in [0.29, 0.717) is 34.6 Å². The van der Waals surface area contributed by atoms with Gasteiger partial charge in [-0.05, 0) is 42.5 Å². The fourth-order valence-corrected chi connectivity index (χ4v) is 2.62. The minimum Gasteiger partial charge on any atom is -0.497 e. The van der Waals surface area contributed by atoms with Crippen molar-refractivity contribution in [3.05, 3.63) is 79.4 Å². The van der Waals surface area contributed by atoms with Crippen LogP contribution in [0.2, 0.25) is 0 Å². The maximum atomic E-state index is 12.2. The zero-order valence-corrected chi connectivity index (χ0v) is 16.0. The van der Waals surface area contributed by atoms with E-state index in [1.807, 2.05) is 0 Å². The Balaban J connectivity index is 1.34. The second-order valence-corrected chi connectivity index (χ2v) is 6.14. The van der Waals surface area contributed by atoms with E-state index in [4.69, 9.17) is 9.47 Å². The van der Waals surface area contributed by atoms with Gasteiger partial charge in [0.1, 0.15) is 17.8 Å². The summed E-state index contributed by atoms with van der Waals surface area (Å²) in [7, 11) is 1.57. The summed E-state index contributed by atoms with van der Waals surface area (Å²) in [5, 5.41) is 13.7. The van der Waals surface area contributed by atoms with Gasteiger partial charge in [0.2, 0.25) is 5.88 Å². The molecule has 4 rings (SSSR count). The summed E-state index contributed by atoms with van der Waals surface area (Å²) in [5.41, 5.74) is 1.24. The van der Waals surface area contributed by atoms with E-state index in [1.54, 1.807) is 91.1 Å². The number of methoxy groups -OCH3 is 1. The van der Waals surface area contributed by atoms with Crippen molar-refractivity contribution in [2.75, 3.05) is 17.7 Å². The highest BCUT2D eigenvalue weighted by atomic mass is 16.5. The minimum absolute atomic E-state index is 0.357. The van der Waals surface area contributed by atoms with E-state index in [9.17, 15) is 4.79 Å². The number of nitrogens with zero attached hydrogens (tertiary/aromatic N) is 4. The van der Waals surface area contributed by atoms with Crippen molar-refractivity contribution < 1.29 is 14.3 Å². The molecule has 150 valence electrons. The third-order valence-electron chi connectivity index (χ3n) is 4.06. The van der Waals surface area contributed by atoms with Crippen molar-refractivity contribution in [1.29, 1.82) is 0 Å². The number of imidazole rings is 1. The predicted molar refractivity (Wildman–Crippen MR) is 111 cm³/mol. The number of nitrogens with one attached hydrogen (secondary N) is 2. The zero-order valence-electron chi connectivity index (χ0n) is 16.0. The molecule has 0 aliphatic rings. The van der Waals surface area contributed by atoms with Crippen LogP contribution in [0.3, 0.4) is 0 Å². The molecule has 0 aliphatic carbocycles. The molecular formula is C21H18N6O3. The van der Waals surface area contributed by atoms with Gasteiger partial charge in [-0.2, -0.15) is 0 Å². The summed E-state index contributed by atoms with van der Waals surface area (Å²) in [6.45, 7) is 0. The number of anilines is 2. The van der Waals surface area contributed by atoms with E-state index in [1.165, 1.54) is 0 Å². The fraction of sp³-hybridized carbons (Fsp3) is 0.0476. The summed E-state index contributed by atoms with van der Waals surface area (Å²) >= 11 is 0. The van der Waals surface area contributed by atoms with Crippen molar-refractivity contribution in [2.45, 2.75) is 0 Å². The molecule has 0 radical (unpaired) electrons. The number of urea groups is 1. The van der Waals surface area contributed by atoms with E-state index >= 15 is 0 Å². The Morgan fingerprint density at radius 1 is 0.933 bits per heavy atom. The first-order valence-corrected chi connectivity index (χ1v) is 9.02. The Kier molecular flexibility index (Phi) is 5.52. The molecule has 0 saturated carbocycles. The molecule has 30 heavy (non-hydrogen) atoms. The molecular weight excluding hydrogens is 384 g/mol. The average molecular weight is 402 g/mol. The van der Waals surface area contributed by atoms with E-state index < -0.39 is 0 Å². The van der Waals surface area contributed by atoms with Gasteiger partial charge in [-0.25, -0.2) is 9.78 Å². The summed E-state index contributed by atoms with van der Waals surface area (Å²) in [6, 6.07) is 17.2. The number of hydrogen-bond acceptors (Lipinski definition) is 6. The predicted octanol–water partition coefficient (Wildman–Crippen LogP) is 4.11. The third-order valence-corrected chi connectivity index (χ3v) is 4.06. The lowest BCUT2D eigenvalue weighted by Crippen LogP contribution is -2.19. The van der Waals surface area contributed by atoms with E-state index in [-0.39, 0.29) is 6.03 Å². The molecule has 0 fully saturated rings. The van der Waals surface area contributed by atoms with E-state index in [0.717, 1.165) is 0 Å². The van der Waals surface area contributed by atoms with Gasteiger partial charge in [-0.15, -0.1) is 10.2 Å². The summed E-state index contributed by atoms with van der Waals surface area (Å²) in [4.78, 5) is 16.1. The van der Waals surface area contributed by atoms with Gasteiger partial charge >= 0.3 is 6.03 Å². The van der Waals surface area contributed by atoms with Crippen LogP contribution in [0.25, 0.3) is 5.82 Å². The molecule has 2 aromatic heterocycles. The number of ether oxygens (including phenoxy) is 2. The highest BCUT2D eigenvalue weighted by molar-refractivity contribution is 5.99. The van der Waals surface area contributed by atoms with Crippen LogP contribution < -0.4 is 20.1 Å². The zero-order chi connectivity index (χ0) is 20.8. The molecule has 2 N–H and O–H groups in total. The number of hydrogen-bond donors (Lipinski definition) is 2. The molecule has 0 bridgehead atoms. The molecule has 0 spiro atoms. The average Bonchev–Trinajstić information content (AvgIpc) is 3.31. The standard InChI is InChI=1S/C21H18N6O3/c1-29-18-4-2-3-16(13-18)24-21(28)23-15-5-7-17(8-6-15)30-20-10-9-19(25-26-20)27-12-11-22-14-27/h2-14H,1H3,(H2,23,24,28). The number of rotatable bonds is 6. The quantitative estimate of drug-likeness (QED) is 0.503. The largest absolute Gasteiger partial charge is 0.497 e. The number of aromatic nitrogens is 4. The van der Waals surface area contributed by atoms with Gasteiger partial charge in [0.05, 0.1) is 7.11 Å². The Hall–Kier alpha value is -4.40. The van der Waals surface area contributed by atoms with Crippen LogP contribution in [-0.4, -0.2) is 32.9 Å². The Bertz CT molecular complexity index is 1110. The van der Waals surface area contributed by atoms with Crippen LogP contribution in [-0.2, 0) is 0 Å². The van der Waals surface area contributed by atoms with Crippen LogP contribution >= 0.6 is 0 Å². The number of amides is 2. The number of carbonyl (C=O) groups is 1. The second-order valence-electron chi connectivity index (χ2n) is 6.14. The molecule has 0 unspecified atom stereocenters. The maximum Gasteiger partial charge on any atom is 0.323 e. The topological polar surface area (TPSA) is 103 Å². The van der Waals surface area contributed by atoms with E-state index in [2.05, 4.69) is 25.8 Å². The smallest absolute Gasteiger partial charge is 0.323 e. The van der Waals surface area contributed by atoms with Gasteiger partial charge in [-0.3, -0.25) is 4.57 Å². The van der Waals surface area contributed by atoms with Crippen molar-refractivity contribution in [1.82, 2.24) is 19.7 Å². The first-order chi connectivity index (χ1) is 14.7. The molecule has 9 nitrogen and oxygen atoms in total. The van der Waals surface area contributed by atoms with Crippen LogP contribution in [0.4, 0.5) is 16.2 Å². The summed E-state index contributed by atoms with van der Waals surface area (Å²) in [6.07, 6.45) is 5.08. The molecule has 2 aromatic carbocycles. The lowest BCUT2D eigenvalue weighted by molar-refractivity contribution is 0.262. The third kappa shape index (κ3) is 4.71. The van der Waals surface area contributed by atoms with Crippen LogP contribution in [0, 0.1) is 0 Å². The molecule has 9 heteroatoms. The molecule has 2 heterocycles. The Morgan fingerprint density at radius 2 is 1.77 bits per heavy atom. The lowest BCUT2D eigenvalue weighted by Gasteiger charge is -2.10.